The molecule has 4 bridgehead atoms. The summed E-state index contributed by atoms with van der Waals surface area (Å²) in [6, 6.07) is 0. The molecule has 32 heavy (non-hydrogen) atoms. The summed E-state index contributed by atoms with van der Waals surface area (Å²) in [5.74, 6) is 3.88. The monoisotopic (exact) mass is 498 g/mol. The first kappa shape index (κ1) is 27.7. The van der Waals surface area contributed by atoms with Crippen molar-refractivity contribution in [3.63, 3.8) is 0 Å². The van der Waals surface area contributed by atoms with E-state index in [1.807, 2.05) is 6.08 Å². The van der Waals surface area contributed by atoms with Gasteiger partial charge in [0.1, 0.15) is 0 Å². The normalized spacial score (nSPS) is 31.4. The summed E-state index contributed by atoms with van der Waals surface area (Å²) >= 11 is 9.53. The van der Waals surface area contributed by atoms with Crippen molar-refractivity contribution in [2.75, 3.05) is 5.34 Å². The molecular formula is C27H44Cl2O2Si. The molecule has 2 saturated carbocycles. The van der Waals surface area contributed by atoms with E-state index in [9.17, 15) is 4.79 Å². The molecule has 0 unspecified atom stereocenters. The van der Waals surface area contributed by atoms with Crippen molar-refractivity contribution in [3.05, 3.63) is 35.6 Å². The fraction of sp³-hybridized carbons (Fsp3) is 0.741. The van der Waals surface area contributed by atoms with E-state index in [1.54, 1.807) is 0 Å². The Hall–Kier alpha value is -0.513. The van der Waals surface area contributed by atoms with Gasteiger partial charge in [0.2, 0.25) is 8.32 Å². The molecule has 6 aliphatic rings. The Bertz CT molecular complexity index is 814. The van der Waals surface area contributed by atoms with Gasteiger partial charge < -0.3 is 4.43 Å². The molecule has 0 N–H and O–H groups in total. The Morgan fingerprint density at radius 3 is 1.81 bits per heavy atom. The number of hydrogen-bond acceptors (Lipinski definition) is 2. The highest BCUT2D eigenvalue weighted by molar-refractivity contribution is 6.74. The largest absolute Gasteiger partial charge is 0.546 e. The van der Waals surface area contributed by atoms with Gasteiger partial charge in [0.15, 0.2) is 5.78 Å². The first-order valence-electron chi connectivity index (χ1n) is 11.8. The molecule has 0 heterocycles. The van der Waals surface area contributed by atoms with Crippen LogP contribution in [0.2, 0.25) is 18.1 Å². The second-order valence-electron chi connectivity index (χ2n) is 12.7. The predicted molar refractivity (Wildman–Crippen MR) is 142 cm³/mol. The highest BCUT2D eigenvalue weighted by Crippen LogP contribution is 2.61. The Morgan fingerprint density at radius 2 is 1.47 bits per heavy atom. The molecule has 0 saturated heterocycles. The van der Waals surface area contributed by atoms with Crippen LogP contribution >= 0.6 is 23.2 Å². The van der Waals surface area contributed by atoms with Crippen LogP contribution in [0, 0.1) is 34.5 Å². The summed E-state index contributed by atoms with van der Waals surface area (Å²) in [5.41, 5.74) is 3.18. The number of fused-ring (bicyclic) bond motifs is 2. The van der Waals surface area contributed by atoms with Gasteiger partial charge in [-0.05, 0) is 78.3 Å². The number of hydrogen-bond donors (Lipinski definition) is 0. The molecular weight excluding hydrogens is 455 g/mol. The molecule has 0 amide bonds. The van der Waals surface area contributed by atoms with Crippen LogP contribution in [0.3, 0.4) is 0 Å². The molecule has 0 aliphatic heterocycles. The Labute approximate surface area is 208 Å². The summed E-state index contributed by atoms with van der Waals surface area (Å²) < 4.78 is 6.54. The number of carbonyl (C=O) groups is 1. The van der Waals surface area contributed by atoms with E-state index < -0.39 is 8.32 Å². The lowest BCUT2D eigenvalue weighted by Crippen LogP contribution is -2.52. The van der Waals surface area contributed by atoms with Crippen LogP contribution in [0.25, 0.3) is 0 Å². The van der Waals surface area contributed by atoms with Gasteiger partial charge in [0.05, 0.1) is 11.1 Å². The zero-order valence-corrected chi connectivity index (χ0v) is 24.4. The quantitative estimate of drug-likeness (QED) is 0.280. The number of allylic oxidation sites excluding steroid dienone is 5. The number of ketones is 1. The van der Waals surface area contributed by atoms with E-state index in [-0.39, 0.29) is 15.8 Å². The van der Waals surface area contributed by atoms with Crippen LogP contribution in [0.1, 0.15) is 68.2 Å². The van der Waals surface area contributed by atoms with Crippen molar-refractivity contribution >= 4 is 37.3 Å². The van der Waals surface area contributed by atoms with Gasteiger partial charge in [-0.1, -0.05) is 60.6 Å². The maximum atomic E-state index is 11.4. The zero-order valence-electron chi connectivity index (χ0n) is 21.9. The molecule has 0 aromatic heterocycles. The van der Waals surface area contributed by atoms with Gasteiger partial charge in [-0.25, -0.2) is 0 Å². The van der Waals surface area contributed by atoms with E-state index in [0.29, 0.717) is 34.9 Å². The fourth-order valence-corrected chi connectivity index (χ4v) is 6.67. The van der Waals surface area contributed by atoms with E-state index in [2.05, 4.69) is 81.1 Å². The van der Waals surface area contributed by atoms with Crippen molar-refractivity contribution in [3.8, 4) is 0 Å². The SMILES string of the molecule is C=C1C=C(O[Si](C)(C)C(C)(C)C)[C@@H]2C[C@H]1C2(C)C.CC1=CC(=O)[C@@H]2C[C@H]1C2(C)C.ClCCl. The van der Waals surface area contributed by atoms with Crippen LogP contribution < -0.4 is 0 Å². The third-order valence-corrected chi connectivity index (χ3v) is 13.5. The van der Waals surface area contributed by atoms with Crippen LogP contribution in [-0.4, -0.2) is 19.4 Å². The summed E-state index contributed by atoms with van der Waals surface area (Å²) in [6.45, 7) is 27.0. The highest BCUT2D eigenvalue weighted by atomic mass is 35.5. The van der Waals surface area contributed by atoms with Gasteiger partial charge in [-0.2, -0.15) is 0 Å². The summed E-state index contributed by atoms with van der Waals surface area (Å²) in [4.78, 5) is 11.4. The molecule has 5 heteroatoms. The second kappa shape index (κ2) is 9.27. The van der Waals surface area contributed by atoms with Crippen LogP contribution in [-0.2, 0) is 9.22 Å². The summed E-state index contributed by atoms with van der Waals surface area (Å²) in [7, 11) is -1.71. The molecule has 2 fully saturated rings. The molecule has 0 spiro atoms. The maximum Gasteiger partial charge on any atom is 0.250 e. The lowest BCUT2D eigenvalue weighted by Gasteiger charge is -2.57. The smallest absolute Gasteiger partial charge is 0.250 e. The number of alkyl halides is 2. The zero-order chi connectivity index (χ0) is 24.9. The third kappa shape index (κ3) is 4.96. The van der Waals surface area contributed by atoms with Gasteiger partial charge in [0.25, 0.3) is 0 Å². The topological polar surface area (TPSA) is 26.3 Å². The molecule has 0 aromatic carbocycles. The third-order valence-electron chi connectivity index (χ3n) is 9.10. The highest BCUT2D eigenvalue weighted by Gasteiger charge is 2.55. The Morgan fingerprint density at radius 1 is 1.00 bits per heavy atom. The fourth-order valence-electron chi connectivity index (χ4n) is 5.58. The van der Waals surface area contributed by atoms with Gasteiger partial charge >= 0.3 is 0 Å². The second-order valence-corrected chi connectivity index (χ2v) is 18.2. The van der Waals surface area contributed by atoms with Crippen LogP contribution in [0.4, 0.5) is 0 Å². The molecule has 182 valence electrons. The van der Waals surface area contributed by atoms with Crippen molar-refractivity contribution in [2.24, 2.45) is 34.5 Å². The number of rotatable bonds is 2. The first-order valence-corrected chi connectivity index (χ1v) is 15.8. The number of halogens is 2. The first-order chi connectivity index (χ1) is 14.4. The Kier molecular flexibility index (Phi) is 8.03. The average molecular weight is 500 g/mol. The lowest BCUT2D eigenvalue weighted by molar-refractivity contribution is -0.133. The predicted octanol–water partition coefficient (Wildman–Crippen LogP) is 8.72. The molecule has 6 aliphatic carbocycles. The minimum Gasteiger partial charge on any atom is -0.546 e. The molecule has 0 radical (unpaired) electrons. The average Bonchev–Trinajstić information content (AvgIpc) is 2.59. The Balaban J connectivity index is 0.000000220. The van der Waals surface area contributed by atoms with Crippen molar-refractivity contribution in [2.45, 2.75) is 86.4 Å². The minimum absolute atomic E-state index is 0.194. The van der Waals surface area contributed by atoms with Gasteiger partial charge in [0, 0.05) is 11.8 Å². The number of carbonyl (C=O) groups excluding carboxylic acids is 1. The van der Waals surface area contributed by atoms with Gasteiger partial charge in [-0.15, -0.1) is 23.2 Å². The van der Waals surface area contributed by atoms with Crippen molar-refractivity contribution < 1.29 is 9.22 Å². The maximum absolute atomic E-state index is 11.4. The molecule has 4 atom stereocenters. The van der Waals surface area contributed by atoms with Crippen LogP contribution in [0.15, 0.2) is 35.6 Å². The minimum atomic E-state index is -1.71. The van der Waals surface area contributed by atoms with Crippen molar-refractivity contribution in [1.29, 1.82) is 0 Å². The summed E-state index contributed by atoms with van der Waals surface area (Å²) in [5, 5.41) is 0.458. The van der Waals surface area contributed by atoms with Crippen LogP contribution in [0.5, 0.6) is 0 Å². The van der Waals surface area contributed by atoms with Gasteiger partial charge in [-0.3, -0.25) is 4.79 Å². The van der Waals surface area contributed by atoms with E-state index in [0.717, 1.165) is 6.42 Å². The standard InChI is InChI=1S/C16H28OSi.C10H14O.CH2Cl2/c1-11-9-14(13-10-12(11)16(13,5)6)17-18(7,8)15(2,3)4;1-6-4-9(11)8-5-7(6)10(8,2)3;2-1-3/h9,12-13H,1,10H2,2-8H3;4,7-8H,5H2,1-3H3;1H2/t12-,13+;7-,8+;/m11./s1. The lowest BCUT2D eigenvalue weighted by atomic mass is 9.49. The van der Waals surface area contributed by atoms with E-state index in [4.69, 9.17) is 27.6 Å². The van der Waals surface area contributed by atoms with E-state index >= 15 is 0 Å². The van der Waals surface area contributed by atoms with Crippen molar-refractivity contribution in [1.82, 2.24) is 0 Å². The summed E-state index contributed by atoms with van der Waals surface area (Å²) in [6.07, 6.45) is 6.41. The molecule has 0 aromatic rings. The molecule has 6 rings (SSSR count). The molecule has 2 nitrogen and oxygen atoms in total. The van der Waals surface area contributed by atoms with E-state index in [1.165, 1.54) is 23.3 Å².